The van der Waals surface area contributed by atoms with Crippen molar-refractivity contribution >= 4 is 5.91 Å². The van der Waals surface area contributed by atoms with Gasteiger partial charge in [-0.05, 0) is 45.2 Å². The van der Waals surface area contributed by atoms with E-state index in [-0.39, 0.29) is 11.9 Å². The number of aromatic nitrogens is 2. The number of carbonyl (C=O) groups is 1. The predicted molar refractivity (Wildman–Crippen MR) is 102 cm³/mol. The lowest BCUT2D eigenvalue weighted by atomic mass is 9.94. The second-order valence-corrected chi connectivity index (χ2v) is 7.48. The molecule has 1 aromatic heterocycles. The topological polar surface area (TPSA) is 41.4 Å². The summed E-state index contributed by atoms with van der Waals surface area (Å²) < 4.78 is 1.94. The fraction of sp³-hybridized carbons (Fsp3) is 0.524. The zero-order valence-electron chi connectivity index (χ0n) is 15.8. The smallest absolute Gasteiger partial charge is 0.273 e. The number of amides is 1. The maximum atomic E-state index is 13.6. The molecule has 1 aliphatic heterocycles. The van der Waals surface area contributed by atoms with E-state index in [4.69, 9.17) is 5.10 Å². The highest BCUT2D eigenvalue weighted by Crippen LogP contribution is 2.30. The third-order valence-electron chi connectivity index (χ3n) is 5.75. The fourth-order valence-corrected chi connectivity index (χ4v) is 4.33. The minimum atomic E-state index is 0.0990. The molecule has 1 saturated heterocycles. The van der Waals surface area contributed by atoms with E-state index in [0.29, 0.717) is 0 Å². The van der Waals surface area contributed by atoms with Crippen LogP contribution in [0, 0.1) is 0 Å². The summed E-state index contributed by atoms with van der Waals surface area (Å²) in [5.74, 6) is 0.157. The van der Waals surface area contributed by atoms with Crippen LogP contribution in [0.25, 0.3) is 0 Å². The lowest BCUT2D eigenvalue weighted by Gasteiger charge is -2.40. The van der Waals surface area contributed by atoms with Crippen molar-refractivity contribution in [2.75, 3.05) is 26.7 Å². The van der Waals surface area contributed by atoms with Crippen molar-refractivity contribution in [2.24, 2.45) is 0 Å². The number of hydrogen-bond acceptors (Lipinski definition) is 3. The van der Waals surface area contributed by atoms with Gasteiger partial charge in [0.2, 0.25) is 0 Å². The van der Waals surface area contributed by atoms with Crippen LogP contribution in [0.5, 0.6) is 0 Å². The van der Waals surface area contributed by atoms with Gasteiger partial charge in [0.1, 0.15) is 5.69 Å². The number of likely N-dealkylation sites (N-methyl/N-ethyl adjacent to an activating group) is 1. The van der Waals surface area contributed by atoms with Crippen molar-refractivity contribution in [3.05, 3.63) is 52.8 Å². The largest absolute Gasteiger partial charge is 0.328 e. The highest BCUT2D eigenvalue weighted by Gasteiger charge is 2.34. The first-order valence-corrected chi connectivity index (χ1v) is 9.82. The minimum Gasteiger partial charge on any atom is -0.328 e. The normalized spacial score (nSPS) is 20.8. The molecule has 0 N–H and O–H groups in total. The van der Waals surface area contributed by atoms with E-state index >= 15 is 0 Å². The van der Waals surface area contributed by atoms with Crippen LogP contribution in [0.2, 0.25) is 0 Å². The Morgan fingerprint density at radius 1 is 1.15 bits per heavy atom. The summed E-state index contributed by atoms with van der Waals surface area (Å²) in [4.78, 5) is 18.0. The van der Waals surface area contributed by atoms with E-state index < -0.39 is 0 Å². The Balaban J connectivity index is 1.71. The van der Waals surface area contributed by atoms with E-state index in [1.54, 1.807) is 0 Å². The van der Waals surface area contributed by atoms with Gasteiger partial charge in [-0.3, -0.25) is 9.48 Å². The number of aryl methyl sites for hydroxylation is 2. The van der Waals surface area contributed by atoms with Gasteiger partial charge in [-0.1, -0.05) is 30.3 Å². The number of hydrogen-bond donors (Lipinski definition) is 0. The Morgan fingerprint density at radius 2 is 1.92 bits per heavy atom. The lowest BCUT2D eigenvalue weighted by Crippen LogP contribution is -2.49. The molecule has 2 heterocycles. The molecule has 1 atom stereocenters. The molecular formula is C21H28N4O. The molecule has 1 aromatic carbocycles. The summed E-state index contributed by atoms with van der Waals surface area (Å²) in [7, 11) is 2.13. The van der Waals surface area contributed by atoms with Crippen LogP contribution in [-0.4, -0.2) is 52.2 Å². The molecule has 26 heavy (non-hydrogen) atoms. The molecule has 2 aliphatic rings. The van der Waals surface area contributed by atoms with E-state index in [1.807, 2.05) is 10.7 Å². The molecule has 5 heteroatoms. The van der Waals surface area contributed by atoms with Gasteiger partial charge in [-0.2, -0.15) is 5.10 Å². The van der Waals surface area contributed by atoms with Gasteiger partial charge in [-0.25, -0.2) is 0 Å². The molecule has 1 fully saturated rings. The zero-order valence-corrected chi connectivity index (χ0v) is 15.8. The number of carbonyl (C=O) groups excluding carboxylic acids is 1. The molecule has 1 aliphatic carbocycles. The van der Waals surface area contributed by atoms with Gasteiger partial charge in [0, 0.05) is 31.7 Å². The maximum absolute atomic E-state index is 13.6. The van der Waals surface area contributed by atoms with Crippen molar-refractivity contribution < 1.29 is 4.79 Å². The van der Waals surface area contributed by atoms with Gasteiger partial charge in [0.15, 0.2) is 0 Å². The van der Waals surface area contributed by atoms with Gasteiger partial charge >= 0.3 is 0 Å². The quantitative estimate of drug-likeness (QED) is 0.853. The summed E-state index contributed by atoms with van der Waals surface area (Å²) in [6.45, 7) is 5.38. The lowest BCUT2D eigenvalue weighted by molar-refractivity contribution is 0.0485. The highest BCUT2D eigenvalue weighted by molar-refractivity contribution is 5.95. The van der Waals surface area contributed by atoms with Crippen LogP contribution in [0.4, 0.5) is 0 Å². The molecule has 1 unspecified atom stereocenters. The average molecular weight is 352 g/mol. The molecule has 0 bridgehead atoms. The van der Waals surface area contributed by atoms with Gasteiger partial charge in [0.25, 0.3) is 5.91 Å². The monoisotopic (exact) mass is 352 g/mol. The third kappa shape index (κ3) is 3.05. The molecule has 0 spiro atoms. The number of piperazine rings is 1. The number of rotatable bonds is 3. The summed E-state index contributed by atoms with van der Waals surface area (Å²) in [5.41, 5.74) is 4.40. The van der Waals surface area contributed by atoms with E-state index in [1.165, 1.54) is 17.5 Å². The van der Waals surface area contributed by atoms with Crippen molar-refractivity contribution in [2.45, 2.75) is 45.2 Å². The first kappa shape index (κ1) is 17.3. The summed E-state index contributed by atoms with van der Waals surface area (Å²) in [6, 6.07) is 10.5. The molecule has 2 aromatic rings. The van der Waals surface area contributed by atoms with Crippen molar-refractivity contribution in [3.63, 3.8) is 0 Å². The molecule has 4 rings (SSSR count). The first-order valence-electron chi connectivity index (χ1n) is 9.82. The first-order chi connectivity index (χ1) is 12.7. The third-order valence-corrected chi connectivity index (χ3v) is 5.75. The summed E-state index contributed by atoms with van der Waals surface area (Å²) in [6.07, 6.45) is 4.34. The fourth-order valence-electron chi connectivity index (χ4n) is 4.33. The molecule has 138 valence electrons. The van der Waals surface area contributed by atoms with Crippen LogP contribution in [0.3, 0.4) is 0 Å². The Labute approximate surface area is 155 Å². The Morgan fingerprint density at radius 3 is 2.69 bits per heavy atom. The standard InChI is InChI=1S/C21H28N4O/c1-3-25-20(17-11-7-8-12-18(17)22-25)21(26)24-14-13-23(2)15-19(24)16-9-5-4-6-10-16/h4-6,9-10,19H,3,7-8,11-15H2,1-2H3. The summed E-state index contributed by atoms with van der Waals surface area (Å²) in [5, 5.41) is 4.76. The number of benzene rings is 1. The molecule has 1 amide bonds. The van der Waals surface area contributed by atoms with Crippen molar-refractivity contribution in [1.29, 1.82) is 0 Å². The SMILES string of the molecule is CCn1nc2c(c1C(=O)N1CCN(C)CC1c1ccccc1)CCCC2. The average Bonchev–Trinajstić information content (AvgIpc) is 3.06. The van der Waals surface area contributed by atoms with Crippen LogP contribution >= 0.6 is 0 Å². The summed E-state index contributed by atoms with van der Waals surface area (Å²) >= 11 is 0. The Hall–Kier alpha value is -2.14. The number of fused-ring (bicyclic) bond motifs is 1. The van der Waals surface area contributed by atoms with Crippen LogP contribution in [-0.2, 0) is 19.4 Å². The molecule has 5 nitrogen and oxygen atoms in total. The second kappa shape index (κ2) is 7.23. The highest BCUT2D eigenvalue weighted by atomic mass is 16.2. The Bertz CT molecular complexity index is 783. The predicted octanol–water partition coefficient (Wildman–Crippen LogP) is 2.91. The molecule has 0 saturated carbocycles. The second-order valence-electron chi connectivity index (χ2n) is 7.48. The van der Waals surface area contributed by atoms with Gasteiger partial charge in [-0.15, -0.1) is 0 Å². The van der Waals surface area contributed by atoms with Crippen LogP contribution < -0.4 is 0 Å². The maximum Gasteiger partial charge on any atom is 0.273 e. The number of nitrogens with zero attached hydrogens (tertiary/aromatic N) is 4. The zero-order chi connectivity index (χ0) is 18.1. The Kier molecular flexibility index (Phi) is 4.81. The molecular weight excluding hydrogens is 324 g/mol. The van der Waals surface area contributed by atoms with E-state index in [9.17, 15) is 4.79 Å². The van der Waals surface area contributed by atoms with Crippen LogP contribution in [0.1, 0.15) is 53.1 Å². The molecule has 0 radical (unpaired) electrons. The van der Waals surface area contributed by atoms with E-state index in [0.717, 1.165) is 56.8 Å². The van der Waals surface area contributed by atoms with Gasteiger partial charge < -0.3 is 9.80 Å². The van der Waals surface area contributed by atoms with Crippen molar-refractivity contribution in [1.82, 2.24) is 19.6 Å². The minimum absolute atomic E-state index is 0.0990. The van der Waals surface area contributed by atoms with Crippen molar-refractivity contribution in [3.8, 4) is 0 Å². The van der Waals surface area contributed by atoms with Gasteiger partial charge in [0.05, 0.1) is 11.7 Å². The van der Waals surface area contributed by atoms with Crippen LogP contribution in [0.15, 0.2) is 30.3 Å². The van der Waals surface area contributed by atoms with E-state index in [2.05, 4.69) is 48.0 Å².